The molecule has 0 unspecified atom stereocenters. The molecule has 28 heavy (non-hydrogen) atoms. The Hall–Kier alpha value is -2.48. The molecule has 2 aromatic carbocycles. The van der Waals surface area contributed by atoms with Crippen LogP contribution in [0.5, 0.6) is 0 Å². The van der Waals surface area contributed by atoms with Gasteiger partial charge >= 0.3 is 0 Å². The van der Waals surface area contributed by atoms with E-state index in [1.807, 2.05) is 37.3 Å². The molecule has 3 rings (SSSR count). The van der Waals surface area contributed by atoms with Crippen molar-refractivity contribution < 1.29 is 0 Å². The van der Waals surface area contributed by atoms with Crippen LogP contribution in [0.3, 0.4) is 0 Å². The fourth-order valence-electron chi connectivity index (χ4n) is 2.33. The predicted octanol–water partition coefficient (Wildman–Crippen LogP) is 4.74. The summed E-state index contributed by atoms with van der Waals surface area (Å²) in [6.07, 6.45) is 0. The number of thioether (sulfide) groups is 1. The third-order valence-corrected chi connectivity index (χ3v) is 5.45. The molecule has 6 nitrogen and oxygen atoms in total. The van der Waals surface area contributed by atoms with Gasteiger partial charge in [0.2, 0.25) is 11.9 Å². The zero-order valence-corrected chi connectivity index (χ0v) is 17.2. The number of nitrogens with zero attached hydrogens (tertiary/aromatic N) is 2. The number of aromatic nitrogens is 2. The lowest BCUT2D eigenvalue weighted by Crippen LogP contribution is -2.23. The summed E-state index contributed by atoms with van der Waals surface area (Å²) in [5, 5.41) is 4.26. The third-order valence-electron chi connectivity index (χ3n) is 3.74. The molecule has 1 aromatic heterocycles. The van der Waals surface area contributed by atoms with Crippen LogP contribution in [0.2, 0.25) is 10.0 Å². The number of guanidine groups is 1. The highest BCUT2D eigenvalue weighted by Crippen LogP contribution is 2.24. The summed E-state index contributed by atoms with van der Waals surface area (Å²) in [6, 6.07) is 14.3. The first kappa shape index (κ1) is 20.3. The zero-order chi connectivity index (χ0) is 20.1. The monoisotopic (exact) mass is 433 g/mol. The quantitative estimate of drug-likeness (QED) is 0.306. The van der Waals surface area contributed by atoms with Gasteiger partial charge in [0.05, 0.1) is 5.69 Å². The van der Waals surface area contributed by atoms with Crippen LogP contribution in [0.15, 0.2) is 63.2 Å². The summed E-state index contributed by atoms with van der Waals surface area (Å²) in [4.78, 5) is 24.0. The summed E-state index contributed by atoms with van der Waals surface area (Å²) in [5.74, 6) is 0.731. The number of nitrogens with two attached hydrogens (primary N) is 1. The fourth-order valence-corrected chi connectivity index (χ4v) is 3.42. The van der Waals surface area contributed by atoms with Gasteiger partial charge in [0.1, 0.15) is 0 Å². The number of H-pyrrole nitrogens is 1. The van der Waals surface area contributed by atoms with E-state index in [9.17, 15) is 4.79 Å². The second-order valence-corrected chi connectivity index (χ2v) is 7.73. The maximum Gasteiger partial charge on any atom is 0.252 e. The van der Waals surface area contributed by atoms with Gasteiger partial charge in [0, 0.05) is 32.4 Å². The van der Waals surface area contributed by atoms with Crippen molar-refractivity contribution in [3.8, 4) is 0 Å². The Labute approximate surface area is 176 Å². The van der Waals surface area contributed by atoms with Gasteiger partial charge in [-0.2, -0.15) is 4.99 Å². The molecule has 0 saturated carbocycles. The molecule has 0 fully saturated rings. The molecule has 9 heteroatoms. The normalized spacial score (nSPS) is 11.5. The smallest absolute Gasteiger partial charge is 0.252 e. The Morgan fingerprint density at radius 3 is 2.75 bits per heavy atom. The molecule has 0 aliphatic rings. The number of aromatic amines is 1. The summed E-state index contributed by atoms with van der Waals surface area (Å²) in [7, 11) is 0. The number of hydrogen-bond donors (Lipinski definition) is 3. The molecule has 4 N–H and O–H groups in total. The second-order valence-electron chi connectivity index (χ2n) is 5.84. The number of benzene rings is 2. The van der Waals surface area contributed by atoms with Crippen LogP contribution in [0.1, 0.15) is 11.3 Å². The van der Waals surface area contributed by atoms with Gasteiger partial charge in [-0.05, 0) is 48.9 Å². The summed E-state index contributed by atoms with van der Waals surface area (Å²) < 4.78 is 0. The third kappa shape index (κ3) is 5.51. The Morgan fingerprint density at radius 1 is 1.25 bits per heavy atom. The predicted molar refractivity (Wildman–Crippen MR) is 117 cm³/mol. The van der Waals surface area contributed by atoms with Gasteiger partial charge in [-0.25, -0.2) is 4.98 Å². The van der Waals surface area contributed by atoms with E-state index in [0.717, 1.165) is 16.1 Å². The van der Waals surface area contributed by atoms with Crippen molar-refractivity contribution >= 4 is 52.6 Å². The van der Waals surface area contributed by atoms with Gasteiger partial charge in [0.15, 0.2) is 0 Å². The van der Waals surface area contributed by atoms with Gasteiger partial charge in [0.25, 0.3) is 5.56 Å². The average molecular weight is 434 g/mol. The molecule has 0 saturated heterocycles. The Bertz CT molecular complexity index is 1070. The number of anilines is 1. The van der Waals surface area contributed by atoms with Crippen LogP contribution >= 0.6 is 35.0 Å². The van der Waals surface area contributed by atoms with Crippen molar-refractivity contribution in [1.29, 1.82) is 0 Å². The number of nitrogens with one attached hydrogen (secondary N) is 2. The Balaban J connectivity index is 1.74. The Kier molecular flexibility index (Phi) is 6.61. The van der Waals surface area contributed by atoms with Gasteiger partial charge in [-0.1, -0.05) is 29.3 Å². The number of rotatable bonds is 5. The van der Waals surface area contributed by atoms with Crippen molar-refractivity contribution in [2.24, 2.45) is 10.7 Å². The van der Waals surface area contributed by atoms with Crippen molar-refractivity contribution in [3.05, 3.63) is 80.2 Å². The molecule has 0 aliphatic heterocycles. The summed E-state index contributed by atoms with van der Waals surface area (Å²) in [6.45, 7) is 1.87. The summed E-state index contributed by atoms with van der Waals surface area (Å²) in [5.41, 5.74) is 7.82. The maximum absolute atomic E-state index is 11.9. The molecule has 0 bridgehead atoms. The SMILES string of the molecule is Cc1c(Cl)cccc1N/C(N)=N/c1nc(CSc2ccc(Cl)cc2)cc(=O)[nH]1. The molecule has 0 radical (unpaired) electrons. The minimum atomic E-state index is -0.299. The van der Waals surface area contributed by atoms with Crippen molar-refractivity contribution in [2.75, 3.05) is 5.32 Å². The van der Waals surface area contributed by atoms with E-state index in [1.54, 1.807) is 23.9 Å². The van der Waals surface area contributed by atoms with Crippen LogP contribution in [0, 0.1) is 6.92 Å². The first-order chi connectivity index (χ1) is 13.4. The molecule has 144 valence electrons. The maximum atomic E-state index is 11.9. The second kappa shape index (κ2) is 9.14. The summed E-state index contributed by atoms with van der Waals surface area (Å²) >= 11 is 13.5. The topological polar surface area (TPSA) is 96.2 Å². The lowest BCUT2D eigenvalue weighted by molar-refractivity contribution is 1.04. The standard InChI is InChI=1S/C19H17Cl2N5OS/c1-11-15(21)3-2-4-16(11)24-18(22)26-19-23-13(9-17(27)25-19)10-28-14-7-5-12(20)6-8-14/h2-9H,10H2,1H3,(H4,22,23,24,25,26,27). The van der Waals surface area contributed by atoms with E-state index >= 15 is 0 Å². The van der Waals surface area contributed by atoms with E-state index in [0.29, 0.717) is 21.5 Å². The molecule has 0 atom stereocenters. The van der Waals surface area contributed by atoms with E-state index in [4.69, 9.17) is 28.9 Å². The van der Waals surface area contributed by atoms with Crippen LogP contribution in [-0.2, 0) is 5.75 Å². The van der Waals surface area contributed by atoms with Crippen LogP contribution in [0.4, 0.5) is 11.6 Å². The van der Waals surface area contributed by atoms with Crippen LogP contribution < -0.4 is 16.6 Å². The Morgan fingerprint density at radius 2 is 2.00 bits per heavy atom. The minimum absolute atomic E-state index is 0.0935. The molecule has 0 amide bonds. The average Bonchev–Trinajstić information content (AvgIpc) is 2.64. The van der Waals surface area contributed by atoms with E-state index < -0.39 is 0 Å². The van der Waals surface area contributed by atoms with Gasteiger partial charge < -0.3 is 11.1 Å². The largest absolute Gasteiger partial charge is 0.369 e. The number of halogens is 2. The van der Waals surface area contributed by atoms with Crippen molar-refractivity contribution in [2.45, 2.75) is 17.6 Å². The number of aliphatic imine (C=N–C) groups is 1. The highest BCUT2D eigenvalue weighted by molar-refractivity contribution is 7.98. The van der Waals surface area contributed by atoms with Crippen molar-refractivity contribution in [1.82, 2.24) is 9.97 Å². The molecule has 0 aliphatic carbocycles. The van der Waals surface area contributed by atoms with Crippen molar-refractivity contribution in [3.63, 3.8) is 0 Å². The minimum Gasteiger partial charge on any atom is -0.369 e. The lowest BCUT2D eigenvalue weighted by Gasteiger charge is -2.09. The van der Waals surface area contributed by atoms with E-state index in [1.165, 1.54) is 6.07 Å². The van der Waals surface area contributed by atoms with Gasteiger partial charge in [-0.3, -0.25) is 9.78 Å². The number of hydrogen-bond acceptors (Lipinski definition) is 4. The van der Waals surface area contributed by atoms with E-state index in [2.05, 4.69) is 20.3 Å². The lowest BCUT2D eigenvalue weighted by atomic mass is 10.2. The van der Waals surface area contributed by atoms with Crippen LogP contribution in [0.25, 0.3) is 0 Å². The molecule has 1 heterocycles. The highest BCUT2D eigenvalue weighted by Gasteiger charge is 2.06. The fraction of sp³-hybridized carbons (Fsp3) is 0.105. The van der Waals surface area contributed by atoms with E-state index in [-0.39, 0.29) is 17.5 Å². The molecule has 3 aromatic rings. The first-order valence-electron chi connectivity index (χ1n) is 8.25. The highest BCUT2D eigenvalue weighted by atomic mass is 35.5. The molecule has 0 spiro atoms. The van der Waals surface area contributed by atoms with Gasteiger partial charge in [-0.15, -0.1) is 11.8 Å². The zero-order valence-electron chi connectivity index (χ0n) is 14.9. The van der Waals surface area contributed by atoms with Crippen LogP contribution in [-0.4, -0.2) is 15.9 Å². The first-order valence-corrected chi connectivity index (χ1v) is 10.00. The molecular formula is C19H17Cl2N5OS. The molecular weight excluding hydrogens is 417 g/mol.